The Morgan fingerprint density at radius 1 is 0.750 bits per heavy atom. The van der Waals surface area contributed by atoms with Crippen molar-refractivity contribution in [2.75, 3.05) is 12.4 Å². The number of halogens is 1. The zero-order valence-electron chi connectivity index (χ0n) is 19.3. The van der Waals surface area contributed by atoms with E-state index in [0.717, 1.165) is 0 Å². The molecular formula is C29H22ClNO5. The van der Waals surface area contributed by atoms with Crippen molar-refractivity contribution in [2.24, 2.45) is 0 Å². The molecule has 36 heavy (non-hydrogen) atoms. The van der Waals surface area contributed by atoms with E-state index in [1.807, 2.05) is 6.07 Å². The fourth-order valence-corrected chi connectivity index (χ4v) is 3.64. The molecule has 0 aliphatic heterocycles. The molecule has 4 rings (SSSR count). The molecule has 1 amide bonds. The number of amides is 1. The third kappa shape index (κ3) is 5.98. The first-order chi connectivity index (χ1) is 17.4. The number of nitrogens with one attached hydrogen (secondary N) is 1. The molecule has 0 saturated heterocycles. The summed E-state index contributed by atoms with van der Waals surface area (Å²) in [6, 6.07) is 28.2. The summed E-state index contributed by atoms with van der Waals surface area (Å²) in [6.45, 7) is 0. The fourth-order valence-electron chi connectivity index (χ4n) is 3.51. The second-order valence-electron chi connectivity index (χ2n) is 7.83. The normalized spacial score (nSPS) is 11.3. The average molecular weight is 500 g/mol. The van der Waals surface area contributed by atoms with Crippen LogP contribution in [-0.4, -0.2) is 24.8 Å². The Balaban J connectivity index is 1.54. The van der Waals surface area contributed by atoms with Crippen LogP contribution in [-0.2, 0) is 4.74 Å². The number of Topliss-reactive ketones (excluding diaryl/α,β-unsaturated/α-hetero) is 1. The molecule has 0 heterocycles. The standard InChI is InChI=1S/C29H22ClNO5/c1-35-25-16-12-19(13-17-25)26(32)27(20-6-3-2-4-7-20)36-29(34)22-8-5-9-24(18-22)31-28(33)21-10-14-23(30)15-11-21/h2-18,27H,1H3,(H,31,33)/t27-/m0/s1. The van der Waals surface area contributed by atoms with Crippen molar-refractivity contribution >= 4 is 34.9 Å². The molecule has 6 nitrogen and oxygen atoms in total. The highest BCUT2D eigenvalue weighted by Gasteiger charge is 2.27. The Morgan fingerprint density at radius 3 is 2.08 bits per heavy atom. The van der Waals surface area contributed by atoms with Crippen molar-refractivity contribution < 1.29 is 23.9 Å². The van der Waals surface area contributed by atoms with Gasteiger partial charge in [-0.25, -0.2) is 4.79 Å². The van der Waals surface area contributed by atoms with Gasteiger partial charge >= 0.3 is 5.97 Å². The number of hydrogen-bond acceptors (Lipinski definition) is 5. The lowest BCUT2D eigenvalue weighted by atomic mass is 9.99. The van der Waals surface area contributed by atoms with Gasteiger partial charge in [0, 0.05) is 27.4 Å². The molecule has 0 bridgehead atoms. The smallest absolute Gasteiger partial charge is 0.339 e. The lowest BCUT2D eigenvalue weighted by Gasteiger charge is -2.18. The van der Waals surface area contributed by atoms with Gasteiger partial charge in [-0.05, 0) is 66.7 Å². The van der Waals surface area contributed by atoms with Crippen LogP contribution in [0.25, 0.3) is 0 Å². The minimum Gasteiger partial charge on any atom is -0.497 e. The van der Waals surface area contributed by atoms with Crippen LogP contribution in [0.1, 0.15) is 42.7 Å². The summed E-state index contributed by atoms with van der Waals surface area (Å²) < 4.78 is 10.9. The Kier molecular flexibility index (Phi) is 7.78. The Hall–Kier alpha value is -4.42. The van der Waals surface area contributed by atoms with Gasteiger partial charge in [-0.3, -0.25) is 9.59 Å². The molecule has 0 fully saturated rings. The minimum absolute atomic E-state index is 0.187. The summed E-state index contributed by atoms with van der Waals surface area (Å²) in [5.41, 5.74) is 1.93. The largest absolute Gasteiger partial charge is 0.497 e. The minimum atomic E-state index is -1.15. The summed E-state index contributed by atoms with van der Waals surface area (Å²) >= 11 is 5.88. The van der Waals surface area contributed by atoms with Gasteiger partial charge in [0.05, 0.1) is 12.7 Å². The van der Waals surface area contributed by atoms with Gasteiger partial charge in [-0.1, -0.05) is 48.0 Å². The number of hydrogen-bond donors (Lipinski definition) is 1. The van der Waals surface area contributed by atoms with E-state index in [-0.39, 0.29) is 17.3 Å². The topological polar surface area (TPSA) is 81.7 Å². The Labute approximate surface area is 213 Å². The number of benzene rings is 4. The Bertz CT molecular complexity index is 1370. The van der Waals surface area contributed by atoms with E-state index in [1.54, 1.807) is 91.0 Å². The predicted octanol–water partition coefficient (Wildman–Crippen LogP) is 6.38. The van der Waals surface area contributed by atoms with Gasteiger partial charge in [0.2, 0.25) is 5.78 Å². The van der Waals surface area contributed by atoms with Crippen LogP contribution in [0.3, 0.4) is 0 Å². The second kappa shape index (κ2) is 11.3. The molecular weight excluding hydrogens is 478 g/mol. The molecule has 0 unspecified atom stereocenters. The highest BCUT2D eigenvalue weighted by molar-refractivity contribution is 6.30. The first kappa shape index (κ1) is 24.7. The van der Waals surface area contributed by atoms with E-state index in [4.69, 9.17) is 21.1 Å². The highest BCUT2D eigenvalue weighted by Crippen LogP contribution is 2.26. The van der Waals surface area contributed by atoms with Gasteiger partial charge in [0.1, 0.15) is 5.75 Å². The number of esters is 1. The molecule has 0 spiro atoms. The molecule has 0 saturated carbocycles. The van der Waals surface area contributed by atoms with Gasteiger partial charge < -0.3 is 14.8 Å². The summed E-state index contributed by atoms with van der Waals surface area (Å²) in [6.07, 6.45) is -1.15. The van der Waals surface area contributed by atoms with Crippen LogP contribution in [0.5, 0.6) is 5.75 Å². The molecule has 0 aromatic heterocycles. The van der Waals surface area contributed by atoms with Crippen LogP contribution in [0.15, 0.2) is 103 Å². The van der Waals surface area contributed by atoms with Crippen molar-refractivity contribution in [3.05, 3.63) is 130 Å². The first-order valence-corrected chi connectivity index (χ1v) is 11.4. The number of carbonyl (C=O) groups excluding carboxylic acids is 3. The van der Waals surface area contributed by atoms with E-state index in [0.29, 0.717) is 33.1 Å². The predicted molar refractivity (Wildman–Crippen MR) is 138 cm³/mol. The summed E-state index contributed by atoms with van der Waals surface area (Å²) in [5.74, 6) is -0.816. The lowest BCUT2D eigenvalue weighted by molar-refractivity contribution is 0.0280. The number of carbonyl (C=O) groups is 3. The molecule has 7 heteroatoms. The van der Waals surface area contributed by atoms with E-state index in [1.165, 1.54) is 13.2 Å². The van der Waals surface area contributed by atoms with E-state index < -0.39 is 12.1 Å². The zero-order valence-corrected chi connectivity index (χ0v) is 20.1. The SMILES string of the molecule is COc1ccc(C(=O)[C@@H](OC(=O)c2cccc(NC(=O)c3ccc(Cl)cc3)c2)c2ccccc2)cc1. The summed E-state index contributed by atoms with van der Waals surface area (Å²) in [5, 5.41) is 3.27. The van der Waals surface area contributed by atoms with Crippen molar-refractivity contribution in [2.45, 2.75) is 6.10 Å². The molecule has 0 radical (unpaired) electrons. The molecule has 0 aliphatic carbocycles. The molecule has 4 aromatic carbocycles. The number of ether oxygens (including phenoxy) is 2. The summed E-state index contributed by atoms with van der Waals surface area (Å²) in [4.78, 5) is 38.9. The average Bonchev–Trinajstić information content (AvgIpc) is 2.92. The monoisotopic (exact) mass is 499 g/mol. The van der Waals surface area contributed by atoms with Crippen molar-refractivity contribution in [1.29, 1.82) is 0 Å². The Morgan fingerprint density at radius 2 is 1.42 bits per heavy atom. The molecule has 1 N–H and O–H groups in total. The maximum Gasteiger partial charge on any atom is 0.339 e. The van der Waals surface area contributed by atoms with Crippen LogP contribution < -0.4 is 10.1 Å². The molecule has 1 atom stereocenters. The number of rotatable bonds is 8. The fraction of sp³-hybridized carbons (Fsp3) is 0.0690. The zero-order chi connectivity index (χ0) is 25.5. The first-order valence-electron chi connectivity index (χ1n) is 11.1. The third-order valence-electron chi connectivity index (χ3n) is 5.40. The van der Waals surface area contributed by atoms with Crippen LogP contribution in [0.2, 0.25) is 5.02 Å². The number of methoxy groups -OCH3 is 1. The van der Waals surface area contributed by atoms with E-state index >= 15 is 0 Å². The molecule has 0 aliphatic rings. The van der Waals surface area contributed by atoms with Gasteiger partial charge in [0.25, 0.3) is 5.91 Å². The van der Waals surface area contributed by atoms with Crippen molar-refractivity contribution in [3.63, 3.8) is 0 Å². The quantitative estimate of drug-likeness (QED) is 0.224. The lowest BCUT2D eigenvalue weighted by Crippen LogP contribution is -2.20. The molecule has 180 valence electrons. The summed E-state index contributed by atoms with van der Waals surface area (Å²) in [7, 11) is 1.54. The van der Waals surface area contributed by atoms with Crippen molar-refractivity contribution in [3.8, 4) is 5.75 Å². The maximum atomic E-state index is 13.3. The third-order valence-corrected chi connectivity index (χ3v) is 5.65. The second-order valence-corrected chi connectivity index (χ2v) is 8.27. The maximum absolute atomic E-state index is 13.3. The van der Waals surface area contributed by atoms with Gasteiger partial charge in [0.15, 0.2) is 6.10 Å². The molecule has 4 aromatic rings. The highest BCUT2D eigenvalue weighted by atomic mass is 35.5. The number of anilines is 1. The number of ketones is 1. The van der Waals surface area contributed by atoms with E-state index in [9.17, 15) is 14.4 Å². The van der Waals surface area contributed by atoms with Crippen molar-refractivity contribution in [1.82, 2.24) is 0 Å². The van der Waals surface area contributed by atoms with Crippen LogP contribution in [0, 0.1) is 0 Å². The van der Waals surface area contributed by atoms with Crippen LogP contribution >= 0.6 is 11.6 Å². The van der Waals surface area contributed by atoms with Crippen LogP contribution in [0.4, 0.5) is 5.69 Å². The van der Waals surface area contributed by atoms with Gasteiger partial charge in [-0.2, -0.15) is 0 Å². The van der Waals surface area contributed by atoms with Gasteiger partial charge in [-0.15, -0.1) is 0 Å². The van der Waals surface area contributed by atoms with E-state index in [2.05, 4.69) is 5.32 Å².